The van der Waals surface area contributed by atoms with Crippen LogP contribution in [-0.4, -0.2) is 33.0 Å². The van der Waals surface area contributed by atoms with Gasteiger partial charge in [0.15, 0.2) is 5.16 Å². The van der Waals surface area contributed by atoms with Gasteiger partial charge in [-0.15, -0.1) is 10.2 Å². The van der Waals surface area contributed by atoms with Crippen molar-refractivity contribution in [1.29, 1.82) is 0 Å². The third-order valence-electron chi connectivity index (χ3n) is 3.22. The number of aromatic nitrogens is 3. The second-order valence-corrected chi connectivity index (χ2v) is 5.95. The molecule has 6 nitrogen and oxygen atoms in total. The van der Waals surface area contributed by atoms with Gasteiger partial charge in [0.2, 0.25) is 0 Å². The van der Waals surface area contributed by atoms with E-state index in [0.29, 0.717) is 12.1 Å². The Bertz CT molecular complexity index is 767. The van der Waals surface area contributed by atoms with E-state index < -0.39 is 0 Å². The molecule has 1 aromatic carbocycles. The van der Waals surface area contributed by atoms with Crippen LogP contribution in [-0.2, 0) is 11.8 Å². The first kappa shape index (κ1) is 15.4. The van der Waals surface area contributed by atoms with E-state index in [4.69, 9.17) is 4.74 Å². The van der Waals surface area contributed by atoms with Gasteiger partial charge in [0, 0.05) is 30.5 Å². The minimum Gasteiger partial charge on any atom is -0.464 e. The number of fused-ring (bicyclic) bond motifs is 1. The molecular weight excluding hydrogens is 312 g/mol. The highest BCUT2D eigenvalue weighted by Crippen LogP contribution is 2.24. The van der Waals surface area contributed by atoms with Crippen LogP contribution in [0.25, 0.3) is 6.08 Å². The van der Waals surface area contributed by atoms with Crippen LogP contribution in [0.15, 0.2) is 53.7 Å². The summed E-state index contributed by atoms with van der Waals surface area (Å²) in [6.45, 7) is 0.546. The molecule has 1 aliphatic heterocycles. The molecule has 3 rings (SSSR count). The molecule has 2 heterocycles. The van der Waals surface area contributed by atoms with Gasteiger partial charge >= 0.3 is 0 Å². The first-order valence-electron chi connectivity index (χ1n) is 7.13. The second kappa shape index (κ2) is 7.15. The maximum atomic E-state index is 12.3. The Kier molecular flexibility index (Phi) is 4.77. The van der Waals surface area contributed by atoms with Crippen LogP contribution in [0.2, 0.25) is 0 Å². The molecule has 0 atom stereocenters. The summed E-state index contributed by atoms with van der Waals surface area (Å²) in [7, 11) is 1.89. The Labute approximate surface area is 138 Å². The quantitative estimate of drug-likeness (QED) is 0.672. The van der Waals surface area contributed by atoms with Crippen LogP contribution in [0.5, 0.6) is 5.75 Å². The van der Waals surface area contributed by atoms with Gasteiger partial charge in [0.25, 0.3) is 5.91 Å². The number of ether oxygens (including phenoxy) is 1. The number of benzene rings is 1. The zero-order chi connectivity index (χ0) is 16.1. The highest BCUT2D eigenvalue weighted by molar-refractivity contribution is 7.99. The molecule has 1 N–H and O–H groups in total. The fraction of sp³-hybridized carbons (Fsp3) is 0.188. The van der Waals surface area contributed by atoms with Gasteiger partial charge in [0.1, 0.15) is 12.1 Å². The Morgan fingerprint density at radius 3 is 3.09 bits per heavy atom. The molecule has 0 saturated carbocycles. The maximum Gasteiger partial charge on any atom is 0.251 e. The van der Waals surface area contributed by atoms with Crippen molar-refractivity contribution in [3.63, 3.8) is 0 Å². The topological polar surface area (TPSA) is 69.0 Å². The van der Waals surface area contributed by atoms with E-state index in [2.05, 4.69) is 15.5 Å². The Balaban J connectivity index is 1.56. The van der Waals surface area contributed by atoms with Crippen LogP contribution in [0.4, 0.5) is 0 Å². The summed E-state index contributed by atoms with van der Waals surface area (Å²) >= 11 is 1.55. The van der Waals surface area contributed by atoms with Crippen molar-refractivity contribution >= 4 is 23.7 Å². The SMILES string of the molecule is Cn1cnnc1SCCNC(=O)C1=Cc2ccccc2OC=C1. The number of para-hydroxylation sites is 1. The highest BCUT2D eigenvalue weighted by atomic mass is 32.2. The number of thioether (sulfide) groups is 1. The van der Waals surface area contributed by atoms with Crippen molar-refractivity contribution in [3.8, 4) is 5.75 Å². The normalized spacial score (nSPS) is 12.8. The van der Waals surface area contributed by atoms with E-state index in [-0.39, 0.29) is 5.91 Å². The van der Waals surface area contributed by atoms with Gasteiger partial charge in [0.05, 0.1) is 6.26 Å². The molecule has 0 spiro atoms. The molecule has 7 heteroatoms. The molecule has 118 valence electrons. The minimum absolute atomic E-state index is 0.125. The lowest BCUT2D eigenvalue weighted by Gasteiger charge is -2.05. The fourth-order valence-corrected chi connectivity index (χ4v) is 2.80. The minimum atomic E-state index is -0.125. The Morgan fingerprint density at radius 1 is 1.39 bits per heavy atom. The van der Waals surface area contributed by atoms with E-state index in [1.54, 1.807) is 24.2 Å². The van der Waals surface area contributed by atoms with Crippen LogP contribution in [0, 0.1) is 0 Å². The summed E-state index contributed by atoms with van der Waals surface area (Å²) in [5.74, 6) is 1.34. The zero-order valence-corrected chi connectivity index (χ0v) is 13.4. The number of carbonyl (C=O) groups is 1. The molecular formula is C16H16N4O2S. The van der Waals surface area contributed by atoms with E-state index in [9.17, 15) is 4.79 Å². The number of hydrogen-bond donors (Lipinski definition) is 1. The largest absolute Gasteiger partial charge is 0.464 e. The summed E-state index contributed by atoms with van der Waals surface area (Å²) in [6.07, 6.45) is 6.68. The lowest BCUT2D eigenvalue weighted by Crippen LogP contribution is -2.26. The van der Waals surface area contributed by atoms with Crippen LogP contribution in [0.3, 0.4) is 0 Å². The van der Waals surface area contributed by atoms with Gasteiger partial charge in [-0.2, -0.15) is 0 Å². The van der Waals surface area contributed by atoms with Crippen molar-refractivity contribution in [2.24, 2.45) is 7.05 Å². The first-order chi connectivity index (χ1) is 11.2. The van der Waals surface area contributed by atoms with Crippen LogP contribution in [0.1, 0.15) is 5.56 Å². The smallest absolute Gasteiger partial charge is 0.251 e. The number of carbonyl (C=O) groups excluding carboxylic acids is 1. The molecule has 1 amide bonds. The zero-order valence-electron chi connectivity index (χ0n) is 12.6. The monoisotopic (exact) mass is 328 g/mol. The average molecular weight is 328 g/mol. The molecule has 1 aliphatic rings. The number of aryl methyl sites for hydroxylation is 1. The summed E-state index contributed by atoms with van der Waals surface area (Å²) in [5.41, 5.74) is 1.45. The van der Waals surface area contributed by atoms with Gasteiger partial charge < -0.3 is 14.6 Å². The van der Waals surface area contributed by atoms with Crippen molar-refractivity contribution in [1.82, 2.24) is 20.1 Å². The van der Waals surface area contributed by atoms with E-state index in [1.807, 2.05) is 42.0 Å². The maximum absolute atomic E-state index is 12.3. The van der Waals surface area contributed by atoms with E-state index >= 15 is 0 Å². The fourth-order valence-electron chi connectivity index (χ4n) is 2.06. The predicted octanol–water partition coefficient (Wildman–Crippen LogP) is 2.01. The Hall–Kier alpha value is -2.54. The van der Waals surface area contributed by atoms with Crippen molar-refractivity contribution in [2.45, 2.75) is 5.16 Å². The van der Waals surface area contributed by atoms with E-state index in [0.717, 1.165) is 22.2 Å². The average Bonchev–Trinajstić information content (AvgIpc) is 2.84. The van der Waals surface area contributed by atoms with Crippen molar-refractivity contribution in [2.75, 3.05) is 12.3 Å². The summed E-state index contributed by atoms with van der Waals surface area (Å²) in [4.78, 5) is 12.3. The number of amides is 1. The van der Waals surface area contributed by atoms with Gasteiger partial charge in [-0.1, -0.05) is 30.0 Å². The standard InChI is InChI=1S/C16H16N4O2S/c1-20-11-18-19-16(20)23-9-7-17-15(21)13-6-8-22-14-5-3-2-4-12(14)10-13/h2-6,8,10-11H,7,9H2,1H3,(H,17,21). The molecule has 0 radical (unpaired) electrons. The number of nitrogens with one attached hydrogen (secondary N) is 1. The third-order valence-corrected chi connectivity index (χ3v) is 4.26. The van der Waals surface area contributed by atoms with E-state index in [1.165, 1.54) is 6.26 Å². The molecule has 0 fully saturated rings. The van der Waals surface area contributed by atoms with Gasteiger partial charge in [-0.3, -0.25) is 4.79 Å². The third kappa shape index (κ3) is 3.81. The number of rotatable bonds is 5. The van der Waals surface area contributed by atoms with Gasteiger partial charge in [-0.05, 0) is 18.2 Å². The molecule has 0 bridgehead atoms. The van der Waals surface area contributed by atoms with Crippen molar-refractivity contribution in [3.05, 3.63) is 54.1 Å². The van der Waals surface area contributed by atoms with Gasteiger partial charge in [-0.25, -0.2) is 0 Å². The molecule has 2 aromatic rings. The summed E-state index contributed by atoms with van der Waals surface area (Å²) in [6, 6.07) is 7.60. The van der Waals surface area contributed by atoms with Crippen LogP contribution < -0.4 is 10.1 Å². The first-order valence-corrected chi connectivity index (χ1v) is 8.11. The summed E-state index contributed by atoms with van der Waals surface area (Å²) in [5, 5.41) is 11.5. The lowest BCUT2D eigenvalue weighted by atomic mass is 10.1. The molecule has 0 saturated heterocycles. The second-order valence-electron chi connectivity index (χ2n) is 4.89. The molecule has 23 heavy (non-hydrogen) atoms. The number of nitrogens with zero attached hydrogens (tertiary/aromatic N) is 3. The van der Waals surface area contributed by atoms with Crippen LogP contribution >= 0.6 is 11.8 Å². The Morgan fingerprint density at radius 2 is 2.26 bits per heavy atom. The highest BCUT2D eigenvalue weighted by Gasteiger charge is 2.11. The lowest BCUT2D eigenvalue weighted by molar-refractivity contribution is -0.117. The predicted molar refractivity (Wildman–Crippen MR) is 88.9 cm³/mol. The molecule has 0 unspecified atom stereocenters. The molecule has 0 aliphatic carbocycles. The number of hydrogen-bond acceptors (Lipinski definition) is 5. The van der Waals surface area contributed by atoms with Crippen molar-refractivity contribution < 1.29 is 9.53 Å². The summed E-state index contributed by atoms with van der Waals surface area (Å²) < 4.78 is 7.33. The molecule has 1 aromatic heterocycles.